The van der Waals surface area contributed by atoms with Crippen molar-refractivity contribution in [2.24, 2.45) is 16.6 Å². The van der Waals surface area contributed by atoms with Crippen LogP contribution < -0.4 is 5.73 Å². The number of aliphatic hydroxyl groups excluding tert-OH is 2. The summed E-state index contributed by atoms with van der Waals surface area (Å²) in [5, 5.41) is 53.8. The number of ketones is 2. The number of aliphatic hydroxyl groups is 3. The molecule has 0 spiro atoms. The lowest BCUT2D eigenvalue weighted by molar-refractivity contribution is -0.176. The number of carboxylic acid groups (broad SMARTS) is 1. The molecule has 0 aliphatic heterocycles. The van der Waals surface area contributed by atoms with E-state index in [0.29, 0.717) is 0 Å². The number of carboxylic acids is 1. The third kappa shape index (κ3) is 3.22. The number of aliphatic carboxylic acids is 1. The quantitative estimate of drug-likeness (QED) is 0.236. The summed E-state index contributed by atoms with van der Waals surface area (Å²) in [4.78, 5) is 52.0. The van der Waals surface area contributed by atoms with Crippen LogP contribution in [0.5, 0.6) is 5.75 Å². The first kappa shape index (κ1) is 25.9. The van der Waals surface area contributed by atoms with Gasteiger partial charge in [0.2, 0.25) is 5.78 Å². The monoisotopic (exact) mass is 510 g/mol. The maximum atomic E-state index is 14.1. The Hall–Kier alpha value is -4.14. The fourth-order valence-corrected chi connectivity index (χ4v) is 6.56. The summed E-state index contributed by atoms with van der Waals surface area (Å²) in [6.45, 7) is 3.05. The lowest BCUT2D eigenvalue weighted by atomic mass is 9.46. The van der Waals surface area contributed by atoms with Gasteiger partial charge in [-0.1, -0.05) is 19.8 Å². The number of likely N-dealkylation sites (N-methyl/N-ethyl adjacent to an activating group) is 1. The van der Waals surface area contributed by atoms with Gasteiger partial charge in [0.05, 0.1) is 11.6 Å². The maximum Gasteiger partial charge on any atom is 0.382 e. The van der Waals surface area contributed by atoms with Crippen molar-refractivity contribution in [1.29, 1.82) is 0 Å². The summed E-state index contributed by atoms with van der Waals surface area (Å²) >= 11 is 0. The van der Waals surface area contributed by atoms with Gasteiger partial charge < -0.3 is 31.3 Å². The van der Waals surface area contributed by atoms with Crippen LogP contribution >= 0.6 is 0 Å². The molecule has 0 aromatic heterocycles. The summed E-state index contributed by atoms with van der Waals surface area (Å²) in [7, 11) is 3.03. The molecule has 37 heavy (non-hydrogen) atoms. The van der Waals surface area contributed by atoms with Crippen LogP contribution in [0.2, 0.25) is 0 Å². The molecule has 0 saturated heterocycles. The summed E-state index contributed by atoms with van der Waals surface area (Å²) in [6.07, 6.45) is -0.175. The van der Waals surface area contributed by atoms with E-state index in [0.717, 1.165) is 0 Å². The first-order valence-corrected chi connectivity index (χ1v) is 11.3. The Labute approximate surface area is 211 Å². The van der Waals surface area contributed by atoms with E-state index in [-0.39, 0.29) is 35.1 Å². The van der Waals surface area contributed by atoms with Gasteiger partial charge in [0.15, 0.2) is 11.4 Å². The van der Waals surface area contributed by atoms with Crippen LogP contribution in [0.3, 0.4) is 0 Å². The standard InChI is InChI=1S/C26H26N2O9/c1-24-9-12-11(6-8-14(30)31)5-7-13(29)15(12)18(32)17(24)22(35)26(37)21(34)16(23(27)36)19(33)20(28(3)4)25(26,2)10-24/h5,7,20,29,32,34,37H,9-10H2,1-4H3,(H2,27,36)(H,30,31)/t20-,24+,25+,26-/m1/s1. The van der Waals surface area contributed by atoms with E-state index >= 15 is 0 Å². The van der Waals surface area contributed by atoms with Crippen LogP contribution in [0.4, 0.5) is 0 Å². The number of hydrogen-bond acceptors (Lipinski definition) is 9. The van der Waals surface area contributed by atoms with E-state index in [1.807, 2.05) is 5.92 Å². The lowest BCUT2D eigenvalue weighted by Gasteiger charge is -2.59. The molecule has 194 valence electrons. The van der Waals surface area contributed by atoms with Gasteiger partial charge in [0, 0.05) is 27.9 Å². The van der Waals surface area contributed by atoms with Gasteiger partial charge >= 0.3 is 5.97 Å². The molecule has 4 rings (SSSR count). The minimum atomic E-state index is -2.81. The molecule has 0 heterocycles. The topological polar surface area (TPSA) is 199 Å². The molecular formula is C26H26N2O9. The van der Waals surface area contributed by atoms with Gasteiger partial charge in [-0.2, -0.15) is 0 Å². The van der Waals surface area contributed by atoms with Crippen molar-refractivity contribution in [2.75, 3.05) is 14.1 Å². The molecule has 0 unspecified atom stereocenters. The summed E-state index contributed by atoms with van der Waals surface area (Å²) in [6, 6.07) is 1.30. The Kier molecular flexibility index (Phi) is 5.56. The molecular weight excluding hydrogens is 484 g/mol. The van der Waals surface area contributed by atoms with E-state index in [1.54, 1.807) is 6.92 Å². The minimum absolute atomic E-state index is 0.0291. The minimum Gasteiger partial charge on any atom is -0.508 e. The van der Waals surface area contributed by atoms with Crippen molar-refractivity contribution in [2.45, 2.75) is 38.3 Å². The highest BCUT2D eigenvalue weighted by Crippen LogP contribution is 2.63. The lowest BCUT2D eigenvalue weighted by Crippen LogP contribution is -2.72. The third-order valence-electron chi connectivity index (χ3n) is 7.82. The van der Waals surface area contributed by atoms with E-state index in [4.69, 9.17) is 10.8 Å². The highest BCUT2D eigenvalue weighted by Gasteiger charge is 2.72. The molecule has 1 fully saturated rings. The second-order valence-electron chi connectivity index (χ2n) is 10.5. The largest absolute Gasteiger partial charge is 0.508 e. The number of benzene rings is 1. The number of hydrogen-bond donors (Lipinski definition) is 6. The molecule has 3 aliphatic carbocycles. The molecule has 4 atom stereocenters. The molecule has 1 aromatic carbocycles. The number of nitrogens with zero attached hydrogens (tertiary/aromatic N) is 1. The number of phenols is 1. The number of aromatic hydroxyl groups is 1. The Morgan fingerprint density at radius 3 is 2.30 bits per heavy atom. The van der Waals surface area contributed by atoms with Crippen molar-refractivity contribution in [1.82, 2.24) is 4.90 Å². The van der Waals surface area contributed by atoms with Crippen LogP contribution in [0.15, 0.2) is 29.0 Å². The molecule has 11 nitrogen and oxygen atoms in total. The molecule has 0 radical (unpaired) electrons. The molecule has 7 N–H and O–H groups in total. The van der Waals surface area contributed by atoms with Crippen molar-refractivity contribution in [3.63, 3.8) is 0 Å². The Morgan fingerprint density at radius 1 is 1.14 bits per heavy atom. The number of phenolic OH excluding ortho intramolecular Hbond substituents is 1. The molecule has 3 aliphatic rings. The maximum absolute atomic E-state index is 14.1. The Bertz CT molecular complexity index is 1440. The zero-order valence-corrected chi connectivity index (χ0v) is 20.5. The Morgan fingerprint density at radius 2 is 1.76 bits per heavy atom. The predicted molar refractivity (Wildman–Crippen MR) is 128 cm³/mol. The fourth-order valence-electron chi connectivity index (χ4n) is 6.56. The average Bonchev–Trinajstić information content (AvgIpc) is 2.75. The smallest absolute Gasteiger partial charge is 0.382 e. The Balaban J connectivity index is 2.08. The molecule has 1 aromatic rings. The van der Waals surface area contributed by atoms with E-state index in [2.05, 4.69) is 5.92 Å². The van der Waals surface area contributed by atoms with Gasteiger partial charge in [-0.15, -0.1) is 0 Å². The number of carbonyl (C=O) groups excluding carboxylic acids is 3. The first-order chi connectivity index (χ1) is 17.0. The molecule has 11 heteroatoms. The number of carbonyl (C=O) groups is 4. The number of primary amides is 1. The van der Waals surface area contributed by atoms with Gasteiger partial charge in [0.25, 0.3) is 5.91 Å². The van der Waals surface area contributed by atoms with Crippen molar-refractivity contribution in [3.8, 4) is 17.6 Å². The average molecular weight is 510 g/mol. The van der Waals surface area contributed by atoms with E-state index in [1.165, 1.54) is 38.1 Å². The number of nitrogens with two attached hydrogens (primary N) is 1. The highest BCUT2D eigenvalue weighted by atomic mass is 16.4. The van der Waals surface area contributed by atoms with Crippen LogP contribution in [0.25, 0.3) is 5.76 Å². The molecule has 1 amide bonds. The summed E-state index contributed by atoms with van der Waals surface area (Å²) < 4.78 is 0. The van der Waals surface area contributed by atoms with E-state index in [9.17, 15) is 39.6 Å². The molecule has 1 saturated carbocycles. The van der Waals surface area contributed by atoms with Crippen LogP contribution in [-0.2, 0) is 25.6 Å². The second kappa shape index (κ2) is 7.93. The van der Waals surface area contributed by atoms with Gasteiger partial charge in [-0.25, -0.2) is 4.79 Å². The number of fused-ring (bicyclic) bond motifs is 3. The highest BCUT2D eigenvalue weighted by molar-refractivity contribution is 6.25. The van der Waals surface area contributed by atoms with Crippen molar-refractivity contribution in [3.05, 3.63) is 45.7 Å². The van der Waals surface area contributed by atoms with Crippen molar-refractivity contribution >= 4 is 29.2 Å². The number of rotatable bonds is 2. The second-order valence-corrected chi connectivity index (χ2v) is 10.5. The number of Topliss-reactive ketones (excluding diaryl/α,β-unsaturated/α-hetero) is 2. The van der Waals surface area contributed by atoms with Crippen LogP contribution in [-0.4, -0.2) is 79.6 Å². The van der Waals surface area contributed by atoms with E-state index < -0.39 is 68.8 Å². The fraction of sp³-hybridized carbons (Fsp3) is 0.385. The third-order valence-corrected chi connectivity index (χ3v) is 7.82. The summed E-state index contributed by atoms with van der Waals surface area (Å²) in [5.41, 5.74) is -1.34. The van der Waals surface area contributed by atoms with Crippen LogP contribution in [0.1, 0.15) is 37.0 Å². The predicted octanol–water partition coefficient (Wildman–Crippen LogP) is 0.180. The van der Waals surface area contributed by atoms with Gasteiger partial charge in [-0.3, -0.25) is 19.3 Å². The first-order valence-electron chi connectivity index (χ1n) is 11.3. The zero-order valence-electron chi connectivity index (χ0n) is 20.5. The number of amides is 1. The SMILES string of the molecule is CN(C)[C@@H]1C(=O)C(C(N)=O)=C(O)[C@@]2(O)C(=O)C3=C(O)c4c(O)ccc(C#CC(=O)O)c4C[C@@]3(C)C[C@@]12C. The van der Waals surface area contributed by atoms with Crippen molar-refractivity contribution < 1.29 is 44.7 Å². The normalized spacial score (nSPS) is 30.8. The summed E-state index contributed by atoms with van der Waals surface area (Å²) in [5.74, 6) is -2.54. The van der Waals surface area contributed by atoms with Gasteiger partial charge in [-0.05, 0) is 44.6 Å². The zero-order chi connectivity index (χ0) is 27.8. The van der Waals surface area contributed by atoms with Gasteiger partial charge in [0.1, 0.15) is 22.8 Å². The molecule has 0 bridgehead atoms. The van der Waals surface area contributed by atoms with Crippen LogP contribution in [0, 0.1) is 22.7 Å².